The molecule has 0 aliphatic carbocycles. The van der Waals surface area contributed by atoms with Crippen molar-refractivity contribution in [3.05, 3.63) is 77.4 Å². The van der Waals surface area contributed by atoms with Crippen LogP contribution in [0.4, 0.5) is 0 Å². The van der Waals surface area contributed by atoms with E-state index in [9.17, 15) is 18.0 Å². The minimum absolute atomic E-state index is 0.104. The minimum Gasteiger partial charge on any atom is -0.467 e. The fourth-order valence-corrected chi connectivity index (χ4v) is 2.97. The van der Waals surface area contributed by atoms with E-state index in [1.165, 1.54) is 18.4 Å². The number of rotatable bonds is 7. The normalized spacial score (nSPS) is 11.2. The first-order chi connectivity index (χ1) is 13.3. The van der Waals surface area contributed by atoms with Gasteiger partial charge in [0.1, 0.15) is 5.76 Å². The quantitative estimate of drug-likeness (QED) is 0.625. The molecule has 2 aromatic heterocycles. The van der Waals surface area contributed by atoms with E-state index in [1.807, 2.05) is 0 Å². The number of nitrogens with one attached hydrogen (secondary N) is 2. The molecule has 2 amide bonds. The van der Waals surface area contributed by atoms with Gasteiger partial charge in [0, 0.05) is 18.4 Å². The van der Waals surface area contributed by atoms with Crippen LogP contribution in [0.1, 0.15) is 32.2 Å². The van der Waals surface area contributed by atoms with Crippen LogP contribution in [0.5, 0.6) is 0 Å². The summed E-state index contributed by atoms with van der Waals surface area (Å²) in [7, 11) is -3.52. The molecular formula is C19H18N2O6S. The van der Waals surface area contributed by atoms with Gasteiger partial charge in [-0.25, -0.2) is 8.42 Å². The average molecular weight is 402 g/mol. The zero-order valence-electron chi connectivity index (χ0n) is 15.0. The summed E-state index contributed by atoms with van der Waals surface area (Å²) in [5.41, 5.74) is 1.14. The Morgan fingerprint density at radius 2 is 1.75 bits per heavy atom. The van der Waals surface area contributed by atoms with E-state index in [2.05, 4.69) is 10.6 Å². The fraction of sp³-hybridized carbons (Fsp3) is 0.158. The molecule has 2 heterocycles. The number of furan rings is 2. The Morgan fingerprint density at radius 3 is 2.43 bits per heavy atom. The first-order valence-corrected chi connectivity index (χ1v) is 10.2. The van der Waals surface area contributed by atoms with E-state index in [0.717, 1.165) is 6.26 Å². The van der Waals surface area contributed by atoms with E-state index < -0.39 is 15.7 Å². The van der Waals surface area contributed by atoms with E-state index in [4.69, 9.17) is 8.83 Å². The van der Waals surface area contributed by atoms with Crippen molar-refractivity contribution in [2.45, 2.75) is 18.2 Å². The Kier molecular flexibility index (Phi) is 5.65. The Morgan fingerprint density at radius 1 is 0.964 bits per heavy atom. The Bertz CT molecular complexity index is 1080. The molecule has 3 aromatic rings. The van der Waals surface area contributed by atoms with E-state index in [-0.39, 0.29) is 29.8 Å². The first-order valence-electron chi connectivity index (χ1n) is 8.30. The molecule has 9 heteroatoms. The molecule has 0 unspecified atom stereocenters. The van der Waals surface area contributed by atoms with Gasteiger partial charge in [-0.15, -0.1) is 0 Å². The zero-order valence-corrected chi connectivity index (χ0v) is 15.8. The predicted octanol–water partition coefficient (Wildman–Crippen LogP) is 2.14. The van der Waals surface area contributed by atoms with Crippen LogP contribution in [-0.2, 0) is 22.9 Å². The van der Waals surface area contributed by atoms with Gasteiger partial charge in [-0.2, -0.15) is 0 Å². The van der Waals surface area contributed by atoms with Crippen LogP contribution in [-0.4, -0.2) is 26.5 Å². The number of carbonyl (C=O) groups excluding carboxylic acids is 2. The molecule has 28 heavy (non-hydrogen) atoms. The molecule has 1 aromatic carbocycles. The third-order valence-electron chi connectivity index (χ3n) is 3.82. The highest BCUT2D eigenvalue weighted by atomic mass is 32.2. The van der Waals surface area contributed by atoms with Crippen molar-refractivity contribution in [2.75, 3.05) is 6.26 Å². The lowest BCUT2D eigenvalue weighted by Crippen LogP contribution is -2.24. The van der Waals surface area contributed by atoms with E-state index in [0.29, 0.717) is 16.9 Å². The smallest absolute Gasteiger partial charge is 0.287 e. The van der Waals surface area contributed by atoms with Gasteiger partial charge in [0.25, 0.3) is 11.8 Å². The highest BCUT2D eigenvalue weighted by Gasteiger charge is 2.17. The number of amides is 2. The Labute approximate surface area is 161 Å². The summed E-state index contributed by atoms with van der Waals surface area (Å²) in [6, 6.07) is 12.8. The average Bonchev–Trinajstić information content (AvgIpc) is 3.35. The van der Waals surface area contributed by atoms with Gasteiger partial charge in [-0.3, -0.25) is 9.59 Å². The second-order valence-electron chi connectivity index (χ2n) is 6.04. The van der Waals surface area contributed by atoms with Gasteiger partial charge in [-0.05, 0) is 42.0 Å². The van der Waals surface area contributed by atoms with Crippen molar-refractivity contribution < 1.29 is 26.8 Å². The lowest BCUT2D eigenvalue weighted by molar-refractivity contribution is 0.0917. The largest absolute Gasteiger partial charge is 0.467 e. The van der Waals surface area contributed by atoms with Gasteiger partial charge < -0.3 is 19.5 Å². The number of hydrogen-bond donors (Lipinski definition) is 2. The van der Waals surface area contributed by atoms with Crippen LogP contribution in [0.25, 0.3) is 0 Å². The van der Waals surface area contributed by atoms with Gasteiger partial charge >= 0.3 is 0 Å². The second-order valence-corrected chi connectivity index (χ2v) is 7.98. The Hall–Kier alpha value is -3.33. The summed E-state index contributed by atoms with van der Waals surface area (Å²) in [5, 5.41) is 5.10. The maximum absolute atomic E-state index is 12.2. The summed E-state index contributed by atoms with van der Waals surface area (Å²) < 4.78 is 33.0. The molecule has 0 bridgehead atoms. The van der Waals surface area contributed by atoms with Gasteiger partial charge in [-0.1, -0.05) is 12.1 Å². The summed E-state index contributed by atoms with van der Waals surface area (Å²) in [6.07, 6.45) is 2.53. The standard InChI is InChI=1S/C19H18N2O6S/c1-28(24,25)17-8-7-16(27-17)19(23)20-11-13-4-2-5-14(10-13)18(22)21-12-15-6-3-9-26-15/h2-10H,11-12H2,1H3,(H,20,23)(H,21,22). The minimum atomic E-state index is -3.52. The van der Waals surface area contributed by atoms with E-state index >= 15 is 0 Å². The summed E-state index contributed by atoms with van der Waals surface area (Å²) >= 11 is 0. The summed E-state index contributed by atoms with van der Waals surface area (Å²) in [4.78, 5) is 24.4. The molecule has 146 valence electrons. The molecule has 0 atom stereocenters. The topological polar surface area (TPSA) is 119 Å². The summed E-state index contributed by atoms with van der Waals surface area (Å²) in [6.45, 7) is 0.418. The van der Waals surface area contributed by atoms with Crippen molar-refractivity contribution in [1.82, 2.24) is 10.6 Å². The molecule has 0 aliphatic heterocycles. The van der Waals surface area contributed by atoms with Crippen LogP contribution in [0.15, 0.2) is 68.7 Å². The maximum Gasteiger partial charge on any atom is 0.287 e. The molecule has 0 spiro atoms. The van der Waals surface area contributed by atoms with Crippen LogP contribution in [0, 0.1) is 0 Å². The van der Waals surface area contributed by atoms with Crippen LogP contribution in [0.2, 0.25) is 0 Å². The van der Waals surface area contributed by atoms with Crippen molar-refractivity contribution in [2.24, 2.45) is 0 Å². The predicted molar refractivity (Wildman–Crippen MR) is 99.3 cm³/mol. The van der Waals surface area contributed by atoms with Crippen LogP contribution in [0.3, 0.4) is 0 Å². The molecule has 0 radical (unpaired) electrons. The van der Waals surface area contributed by atoms with Crippen molar-refractivity contribution in [3.63, 3.8) is 0 Å². The van der Waals surface area contributed by atoms with Gasteiger partial charge in [0.2, 0.25) is 14.9 Å². The molecule has 0 aliphatic rings. The fourth-order valence-electron chi connectivity index (χ4n) is 2.42. The molecule has 0 saturated carbocycles. The number of benzene rings is 1. The number of carbonyl (C=O) groups is 2. The highest BCUT2D eigenvalue weighted by molar-refractivity contribution is 7.90. The Balaban J connectivity index is 1.59. The number of sulfone groups is 1. The lowest BCUT2D eigenvalue weighted by atomic mass is 10.1. The van der Waals surface area contributed by atoms with E-state index in [1.54, 1.807) is 36.4 Å². The monoisotopic (exact) mass is 402 g/mol. The second kappa shape index (κ2) is 8.13. The number of hydrogen-bond acceptors (Lipinski definition) is 6. The molecule has 8 nitrogen and oxygen atoms in total. The van der Waals surface area contributed by atoms with Crippen molar-refractivity contribution >= 4 is 21.7 Å². The summed E-state index contributed by atoms with van der Waals surface area (Å²) in [5.74, 6) is -0.285. The maximum atomic E-state index is 12.2. The van der Waals surface area contributed by atoms with Gasteiger partial charge in [0.05, 0.1) is 12.8 Å². The van der Waals surface area contributed by atoms with Crippen LogP contribution >= 0.6 is 0 Å². The highest BCUT2D eigenvalue weighted by Crippen LogP contribution is 2.14. The third kappa shape index (κ3) is 4.89. The molecule has 3 rings (SSSR count). The molecule has 2 N–H and O–H groups in total. The molecule has 0 fully saturated rings. The van der Waals surface area contributed by atoms with Crippen molar-refractivity contribution in [1.29, 1.82) is 0 Å². The van der Waals surface area contributed by atoms with Crippen molar-refractivity contribution in [3.8, 4) is 0 Å². The third-order valence-corrected chi connectivity index (χ3v) is 4.77. The lowest BCUT2D eigenvalue weighted by Gasteiger charge is -2.07. The SMILES string of the molecule is CS(=O)(=O)c1ccc(C(=O)NCc2cccc(C(=O)NCc3ccco3)c2)o1. The van der Waals surface area contributed by atoms with Gasteiger partial charge in [0.15, 0.2) is 5.76 Å². The first kappa shape index (κ1) is 19.4. The van der Waals surface area contributed by atoms with Crippen LogP contribution < -0.4 is 10.6 Å². The molecule has 0 saturated heterocycles. The zero-order chi connectivity index (χ0) is 20.1. The molecular weight excluding hydrogens is 384 g/mol.